The zero-order valence-corrected chi connectivity index (χ0v) is 36.7. The monoisotopic (exact) mass is 841 g/mol. The molecule has 3 aliphatic carbocycles. The minimum atomic E-state index is -0.654. The van der Waals surface area contributed by atoms with Crippen molar-refractivity contribution in [2.75, 3.05) is 4.90 Å². The Morgan fingerprint density at radius 2 is 0.879 bits per heavy atom. The van der Waals surface area contributed by atoms with E-state index in [9.17, 15) is 0 Å². The number of hydrogen-bond acceptors (Lipinski definition) is 2. The lowest BCUT2D eigenvalue weighted by Gasteiger charge is -2.36. The lowest BCUT2D eigenvalue weighted by molar-refractivity contribution is 0.660. The first-order valence-corrected chi connectivity index (χ1v) is 23.1. The average Bonchev–Trinajstić information content (AvgIpc) is 3.95. The molecule has 0 fully saturated rings. The maximum absolute atomic E-state index is 6.91. The van der Waals surface area contributed by atoms with Crippen molar-refractivity contribution in [3.05, 3.63) is 258 Å². The van der Waals surface area contributed by atoms with E-state index < -0.39 is 5.41 Å². The summed E-state index contributed by atoms with van der Waals surface area (Å²) in [5.74, 6) is 0. The Bertz CT molecular complexity index is 3810. The van der Waals surface area contributed by atoms with Gasteiger partial charge in [0.05, 0.1) is 11.1 Å². The maximum Gasteiger partial charge on any atom is 0.143 e. The van der Waals surface area contributed by atoms with Crippen LogP contribution in [0.5, 0.6) is 0 Å². The minimum Gasteiger partial charge on any atom is -0.455 e. The fourth-order valence-electron chi connectivity index (χ4n) is 12.3. The van der Waals surface area contributed by atoms with E-state index in [1.165, 1.54) is 89.0 Å². The zero-order chi connectivity index (χ0) is 43.7. The molecule has 2 nitrogen and oxygen atoms in total. The van der Waals surface area contributed by atoms with Crippen molar-refractivity contribution >= 4 is 39.0 Å². The Hall–Kier alpha value is -8.20. The van der Waals surface area contributed by atoms with Gasteiger partial charge in [-0.15, -0.1) is 0 Å². The number of fused-ring (bicyclic) bond motifs is 19. The Morgan fingerprint density at radius 1 is 0.348 bits per heavy atom. The van der Waals surface area contributed by atoms with Crippen molar-refractivity contribution < 1.29 is 4.42 Å². The zero-order valence-electron chi connectivity index (χ0n) is 36.7. The summed E-state index contributed by atoms with van der Waals surface area (Å²) in [5, 5.41) is 2.28. The van der Waals surface area contributed by atoms with E-state index in [1.807, 2.05) is 0 Å². The van der Waals surface area contributed by atoms with Gasteiger partial charge in [-0.05, 0) is 114 Å². The second kappa shape index (κ2) is 13.7. The van der Waals surface area contributed by atoms with Gasteiger partial charge in [-0.3, -0.25) is 0 Å². The third-order valence-corrected chi connectivity index (χ3v) is 15.1. The highest BCUT2D eigenvalue weighted by Crippen LogP contribution is 2.63. The van der Waals surface area contributed by atoms with E-state index >= 15 is 0 Å². The topological polar surface area (TPSA) is 16.4 Å². The maximum atomic E-state index is 6.91. The summed E-state index contributed by atoms with van der Waals surface area (Å²) >= 11 is 0. The molecule has 1 spiro atoms. The fraction of sp³-hybridized carbons (Fsp3) is 0.0625. The van der Waals surface area contributed by atoms with E-state index in [1.54, 1.807) is 0 Å². The minimum absolute atomic E-state index is 0.161. The number of furan rings is 1. The number of benzene rings is 10. The molecule has 2 heteroatoms. The van der Waals surface area contributed by atoms with Gasteiger partial charge in [0.25, 0.3) is 0 Å². The highest BCUT2D eigenvalue weighted by atomic mass is 16.3. The molecule has 0 aliphatic heterocycles. The van der Waals surface area contributed by atoms with Gasteiger partial charge < -0.3 is 9.32 Å². The van der Waals surface area contributed by atoms with Gasteiger partial charge in [-0.1, -0.05) is 202 Å². The first-order chi connectivity index (χ1) is 32.5. The first-order valence-electron chi connectivity index (χ1n) is 23.1. The summed E-state index contributed by atoms with van der Waals surface area (Å²) in [6, 6.07) is 83.5. The summed E-state index contributed by atoms with van der Waals surface area (Å²) in [5.41, 5.74) is 24.4. The molecule has 1 aromatic heterocycles. The molecule has 10 aromatic carbocycles. The van der Waals surface area contributed by atoms with Crippen LogP contribution < -0.4 is 4.90 Å². The first kappa shape index (κ1) is 37.2. The highest BCUT2D eigenvalue weighted by Gasteiger charge is 2.51. The van der Waals surface area contributed by atoms with Crippen LogP contribution in [0, 0.1) is 0 Å². The fourth-order valence-corrected chi connectivity index (χ4v) is 12.3. The second-order valence-electron chi connectivity index (χ2n) is 18.7. The van der Waals surface area contributed by atoms with E-state index in [-0.39, 0.29) is 5.41 Å². The van der Waals surface area contributed by atoms with Crippen molar-refractivity contribution in [1.82, 2.24) is 0 Å². The summed E-state index contributed by atoms with van der Waals surface area (Å²) in [6.45, 7) is 4.74. The van der Waals surface area contributed by atoms with Crippen molar-refractivity contribution in [1.29, 1.82) is 0 Å². The van der Waals surface area contributed by atoms with Crippen LogP contribution in [-0.2, 0) is 10.8 Å². The van der Waals surface area contributed by atoms with Crippen molar-refractivity contribution in [2.45, 2.75) is 24.7 Å². The quantitative estimate of drug-likeness (QED) is 0.176. The van der Waals surface area contributed by atoms with Crippen LogP contribution >= 0.6 is 0 Å². The molecule has 0 saturated heterocycles. The van der Waals surface area contributed by atoms with E-state index in [4.69, 9.17) is 4.42 Å². The molecule has 0 radical (unpaired) electrons. The molecular formula is C64H43NO. The Labute approximate surface area is 384 Å². The van der Waals surface area contributed by atoms with Crippen LogP contribution in [0.1, 0.15) is 47.2 Å². The van der Waals surface area contributed by atoms with Crippen LogP contribution in [-0.4, -0.2) is 0 Å². The Kier molecular flexibility index (Phi) is 7.70. The molecule has 0 saturated carbocycles. The predicted octanol–water partition coefficient (Wildman–Crippen LogP) is 17.0. The van der Waals surface area contributed by atoms with Gasteiger partial charge in [0.15, 0.2) is 0 Å². The van der Waals surface area contributed by atoms with Gasteiger partial charge in [0.1, 0.15) is 11.2 Å². The van der Waals surface area contributed by atoms with E-state index in [2.05, 4.69) is 243 Å². The highest BCUT2D eigenvalue weighted by molar-refractivity contribution is 6.13. The smallest absolute Gasteiger partial charge is 0.143 e. The Morgan fingerprint density at radius 3 is 1.67 bits per heavy atom. The van der Waals surface area contributed by atoms with Gasteiger partial charge >= 0.3 is 0 Å². The second-order valence-corrected chi connectivity index (χ2v) is 18.7. The molecule has 0 N–H and O–H groups in total. The van der Waals surface area contributed by atoms with Gasteiger partial charge in [0, 0.05) is 38.7 Å². The molecule has 0 bridgehead atoms. The van der Waals surface area contributed by atoms with Crippen molar-refractivity contribution in [2.24, 2.45) is 0 Å². The molecule has 1 heterocycles. The Balaban J connectivity index is 1.08. The largest absolute Gasteiger partial charge is 0.455 e. The van der Waals surface area contributed by atoms with Gasteiger partial charge in [-0.2, -0.15) is 0 Å². The van der Waals surface area contributed by atoms with E-state index in [0.717, 1.165) is 39.0 Å². The predicted molar refractivity (Wildman–Crippen MR) is 273 cm³/mol. The van der Waals surface area contributed by atoms with Crippen LogP contribution in [0.2, 0.25) is 0 Å². The lowest BCUT2D eigenvalue weighted by Crippen LogP contribution is -2.29. The number of nitrogens with zero attached hydrogens (tertiary/aromatic N) is 1. The van der Waals surface area contributed by atoms with Crippen LogP contribution in [0.3, 0.4) is 0 Å². The van der Waals surface area contributed by atoms with E-state index in [0.29, 0.717) is 0 Å². The van der Waals surface area contributed by atoms with Crippen LogP contribution in [0.25, 0.3) is 77.6 Å². The molecular weight excluding hydrogens is 799 g/mol. The van der Waals surface area contributed by atoms with Gasteiger partial charge in [0.2, 0.25) is 0 Å². The molecule has 1 atom stereocenters. The van der Waals surface area contributed by atoms with Crippen LogP contribution in [0.4, 0.5) is 17.1 Å². The van der Waals surface area contributed by atoms with Gasteiger partial charge in [-0.25, -0.2) is 0 Å². The SMILES string of the molecule is CC1(C)c2ccccc2-c2ccc(N(c3ccc4c(c3)-c3ccccc3-c3ccccc3C43c4ccccc4-c4c3ccc3c4oc4ccccc43)c3ccccc3-c3ccccc3)cc21. The van der Waals surface area contributed by atoms with Crippen molar-refractivity contribution in [3.8, 4) is 55.6 Å². The summed E-state index contributed by atoms with van der Waals surface area (Å²) < 4.78 is 6.91. The molecule has 3 aliphatic rings. The number of anilines is 3. The number of rotatable bonds is 4. The number of para-hydroxylation sites is 2. The summed E-state index contributed by atoms with van der Waals surface area (Å²) in [6.07, 6.45) is 0. The third-order valence-electron chi connectivity index (χ3n) is 15.1. The third kappa shape index (κ3) is 4.91. The molecule has 0 amide bonds. The molecule has 14 rings (SSSR count). The normalized spacial score (nSPS) is 15.6. The van der Waals surface area contributed by atoms with Crippen molar-refractivity contribution in [3.63, 3.8) is 0 Å². The summed E-state index contributed by atoms with van der Waals surface area (Å²) in [7, 11) is 0. The standard InChI is InChI=1S/C64H43NO/c1-63(2)53-27-13-8-24-47(53)48-34-32-42(39-58(48)63)65(59-30-16-11-20-43(59)40-18-4-3-5-19-40)41-33-36-56-52(38-41)45-22-7-6-21-44(45)46-23-9-14-28-54(46)64(56)55-29-15-10-26-51(55)61-57(64)37-35-50-49-25-12-17-31-60(49)66-62(50)61/h3-39H,1-2H3. The summed E-state index contributed by atoms with van der Waals surface area (Å²) in [4.78, 5) is 2.50. The van der Waals surface area contributed by atoms with Crippen LogP contribution in [0.15, 0.2) is 229 Å². The average molecular weight is 842 g/mol. The molecule has 66 heavy (non-hydrogen) atoms. The lowest BCUT2D eigenvalue weighted by atomic mass is 9.66. The molecule has 11 aromatic rings. The molecule has 310 valence electrons. The molecule has 1 unspecified atom stereocenters. The number of hydrogen-bond donors (Lipinski definition) is 0.